The summed E-state index contributed by atoms with van der Waals surface area (Å²) in [6, 6.07) is 27.0. The summed E-state index contributed by atoms with van der Waals surface area (Å²) in [7, 11) is 0. The predicted molar refractivity (Wildman–Crippen MR) is 121 cm³/mol. The van der Waals surface area contributed by atoms with Gasteiger partial charge in [0.1, 0.15) is 11.5 Å². The van der Waals surface area contributed by atoms with E-state index in [-0.39, 0.29) is 0 Å². The van der Waals surface area contributed by atoms with Gasteiger partial charge in [0.25, 0.3) is 0 Å². The fourth-order valence-corrected chi connectivity index (χ4v) is 3.08. The van der Waals surface area contributed by atoms with Crippen molar-refractivity contribution in [3.05, 3.63) is 90.0 Å². The SMILES string of the molecule is CCCCOc1ccc(CNc2ccccc2OCCCc2ccccc2)cc1. The molecule has 152 valence electrons. The summed E-state index contributed by atoms with van der Waals surface area (Å²) in [6.45, 7) is 4.41. The van der Waals surface area contributed by atoms with E-state index in [1.807, 2.05) is 30.3 Å². The van der Waals surface area contributed by atoms with Crippen LogP contribution < -0.4 is 14.8 Å². The molecule has 0 saturated heterocycles. The number of hydrogen-bond acceptors (Lipinski definition) is 3. The zero-order valence-electron chi connectivity index (χ0n) is 17.3. The van der Waals surface area contributed by atoms with Crippen LogP contribution in [-0.4, -0.2) is 13.2 Å². The highest BCUT2D eigenvalue weighted by Crippen LogP contribution is 2.25. The lowest BCUT2D eigenvalue weighted by Gasteiger charge is -2.14. The maximum atomic E-state index is 6.04. The molecule has 0 aromatic heterocycles. The van der Waals surface area contributed by atoms with Crippen LogP contribution in [0, 0.1) is 0 Å². The largest absolute Gasteiger partial charge is 0.494 e. The Morgan fingerprint density at radius 3 is 2.21 bits per heavy atom. The summed E-state index contributed by atoms with van der Waals surface area (Å²) in [4.78, 5) is 0. The Kier molecular flexibility index (Phi) is 8.46. The number of ether oxygens (including phenoxy) is 2. The van der Waals surface area contributed by atoms with Crippen molar-refractivity contribution in [3.8, 4) is 11.5 Å². The van der Waals surface area contributed by atoms with Crippen molar-refractivity contribution in [1.82, 2.24) is 0 Å². The Hall–Kier alpha value is -2.94. The second-order valence-corrected chi connectivity index (χ2v) is 7.13. The van der Waals surface area contributed by atoms with Crippen LogP contribution in [0.25, 0.3) is 0 Å². The van der Waals surface area contributed by atoms with Crippen molar-refractivity contribution in [3.63, 3.8) is 0 Å². The Morgan fingerprint density at radius 1 is 0.690 bits per heavy atom. The molecule has 3 nitrogen and oxygen atoms in total. The minimum absolute atomic E-state index is 0.706. The molecule has 29 heavy (non-hydrogen) atoms. The Bertz CT molecular complexity index is 831. The van der Waals surface area contributed by atoms with Gasteiger partial charge >= 0.3 is 0 Å². The maximum absolute atomic E-state index is 6.04. The summed E-state index contributed by atoms with van der Waals surface area (Å²) < 4.78 is 11.8. The number of para-hydroxylation sites is 2. The quantitative estimate of drug-likeness (QED) is 0.359. The lowest BCUT2D eigenvalue weighted by atomic mass is 10.1. The van der Waals surface area contributed by atoms with Crippen LogP contribution in [0.15, 0.2) is 78.9 Å². The number of anilines is 1. The highest BCUT2D eigenvalue weighted by atomic mass is 16.5. The fourth-order valence-electron chi connectivity index (χ4n) is 3.08. The summed E-state index contributed by atoms with van der Waals surface area (Å²) in [5.74, 6) is 1.84. The third-order valence-corrected chi connectivity index (χ3v) is 4.77. The van der Waals surface area contributed by atoms with Crippen LogP contribution in [-0.2, 0) is 13.0 Å². The highest BCUT2D eigenvalue weighted by molar-refractivity contribution is 5.56. The van der Waals surface area contributed by atoms with Gasteiger partial charge in [0, 0.05) is 6.54 Å². The van der Waals surface area contributed by atoms with E-state index in [0.29, 0.717) is 6.61 Å². The molecule has 0 heterocycles. The van der Waals surface area contributed by atoms with E-state index in [9.17, 15) is 0 Å². The van der Waals surface area contributed by atoms with Gasteiger partial charge in [-0.25, -0.2) is 0 Å². The van der Waals surface area contributed by atoms with E-state index in [1.165, 1.54) is 11.1 Å². The summed E-state index contributed by atoms with van der Waals surface area (Å²) >= 11 is 0. The first-order valence-corrected chi connectivity index (χ1v) is 10.6. The van der Waals surface area contributed by atoms with Gasteiger partial charge in [0.2, 0.25) is 0 Å². The maximum Gasteiger partial charge on any atom is 0.142 e. The van der Waals surface area contributed by atoms with E-state index in [0.717, 1.165) is 56.0 Å². The Labute approximate surface area is 174 Å². The molecule has 0 aliphatic rings. The number of rotatable bonds is 12. The van der Waals surface area contributed by atoms with Gasteiger partial charge in [-0.3, -0.25) is 0 Å². The molecular weight excluding hydrogens is 358 g/mol. The van der Waals surface area contributed by atoms with E-state index in [2.05, 4.69) is 60.8 Å². The molecule has 0 aliphatic heterocycles. The van der Waals surface area contributed by atoms with Crippen molar-refractivity contribution >= 4 is 5.69 Å². The number of benzene rings is 3. The normalized spacial score (nSPS) is 10.5. The molecule has 0 fully saturated rings. The third-order valence-electron chi connectivity index (χ3n) is 4.77. The topological polar surface area (TPSA) is 30.5 Å². The molecule has 0 spiro atoms. The summed E-state index contributed by atoms with van der Waals surface area (Å²) in [5, 5.41) is 3.49. The minimum Gasteiger partial charge on any atom is -0.494 e. The second kappa shape index (κ2) is 11.8. The van der Waals surface area contributed by atoms with Gasteiger partial charge < -0.3 is 14.8 Å². The van der Waals surface area contributed by atoms with Crippen LogP contribution in [0.4, 0.5) is 5.69 Å². The summed E-state index contributed by atoms with van der Waals surface area (Å²) in [6.07, 6.45) is 4.27. The first-order chi connectivity index (χ1) is 14.3. The van der Waals surface area contributed by atoms with Crippen molar-refractivity contribution in [1.29, 1.82) is 0 Å². The van der Waals surface area contributed by atoms with Gasteiger partial charge in [-0.05, 0) is 54.7 Å². The number of hydrogen-bond donors (Lipinski definition) is 1. The van der Waals surface area contributed by atoms with Crippen molar-refractivity contribution in [2.75, 3.05) is 18.5 Å². The molecule has 3 aromatic carbocycles. The monoisotopic (exact) mass is 389 g/mol. The average molecular weight is 390 g/mol. The molecule has 0 saturated carbocycles. The molecule has 0 bridgehead atoms. The Balaban J connectivity index is 1.46. The van der Waals surface area contributed by atoms with Crippen molar-refractivity contribution < 1.29 is 9.47 Å². The highest BCUT2D eigenvalue weighted by Gasteiger charge is 2.03. The van der Waals surface area contributed by atoms with Gasteiger partial charge in [0.05, 0.1) is 18.9 Å². The van der Waals surface area contributed by atoms with E-state index >= 15 is 0 Å². The molecule has 0 amide bonds. The van der Waals surface area contributed by atoms with Crippen molar-refractivity contribution in [2.24, 2.45) is 0 Å². The van der Waals surface area contributed by atoms with Gasteiger partial charge in [0.15, 0.2) is 0 Å². The zero-order valence-corrected chi connectivity index (χ0v) is 17.3. The average Bonchev–Trinajstić information content (AvgIpc) is 2.78. The van der Waals surface area contributed by atoms with Crippen LogP contribution >= 0.6 is 0 Å². The number of nitrogens with one attached hydrogen (secondary N) is 1. The lowest BCUT2D eigenvalue weighted by Crippen LogP contribution is -2.05. The van der Waals surface area contributed by atoms with E-state index < -0.39 is 0 Å². The first-order valence-electron chi connectivity index (χ1n) is 10.6. The molecule has 0 aliphatic carbocycles. The molecule has 0 unspecified atom stereocenters. The molecule has 1 N–H and O–H groups in total. The molecular formula is C26H31NO2. The van der Waals surface area contributed by atoms with Crippen molar-refractivity contribution in [2.45, 2.75) is 39.2 Å². The number of aryl methyl sites for hydroxylation is 1. The fraction of sp³-hybridized carbons (Fsp3) is 0.308. The lowest BCUT2D eigenvalue weighted by molar-refractivity contribution is 0.309. The van der Waals surface area contributed by atoms with Gasteiger partial charge in [-0.15, -0.1) is 0 Å². The van der Waals surface area contributed by atoms with E-state index in [1.54, 1.807) is 0 Å². The smallest absolute Gasteiger partial charge is 0.142 e. The minimum atomic E-state index is 0.706. The molecule has 3 rings (SSSR count). The molecule has 3 heteroatoms. The molecule has 0 radical (unpaired) electrons. The summed E-state index contributed by atoms with van der Waals surface area (Å²) in [5.41, 5.74) is 3.59. The zero-order chi connectivity index (χ0) is 20.2. The van der Waals surface area contributed by atoms with E-state index in [4.69, 9.17) is 9.47 Å². The van der Waals surface area contributed by atoms with Crippen LogP contribution in [0.2, 0.25) is 0 Å². The Morgan fingerprint density at radius 2 is 1.41 bits per heavy atom. The molecule has 0 atom stereocenters. The standard InChI is InChI=1S/C26H31NO2/c1-2-3-19-28-24-17-15-23(16-18-24)21-27-25-13-7-8-14-26(25)29-20-9-12-22-10-5-4-6-11-22/h4-8,10-11,13-18,27H,2-3,9,12,19-21H2,1H3. The number of unbranched alkanes of at least 4 members (excludes halogenated alkanes) is 1. The third kappa shape index (κ3) is 7.19. The van der Waals surface area contributed by atoms with Crippen LogP contribution in [0.5, 0.6) is 11.5 Å². The van der Waals surface area contributed by atoms with Crippen LogP contribution in [0.1, 0.15) is 37.3 Å². The van der Waals surface area contributed by atoms with Gasteiger partial charge in [-0.1, -0.05) is 67.9 Å². The predicted octanol–water partition coefficient (Wildman–Crippen LogP) is 6.49. The van der Waals surface area contributed by atoms with Gasteiger partial charge in [-0.2, -0.15) is 0 Å². The molecule has 3 aromatic rings. The second-order valence-electron chi connectivity index (χ2n) is 7.13. The first kappa shape index (κ1) is 20.8. The van der Waals surface area contributed by atoms with Crippen LogP contribution in [0.3, 0.4) is 0 Å².